The second-order valence-corrected chi connectivity index (χ2v) is 9.43. The van der Waals surface area contributed by atoms with Crippen LogP contribution in [0.15, 0.2) is 59.5 Å². The van der Waals surface area contributed by atoms with Crippen molar-refractivity contribution in [2.24, 2.45) is 0 Å². The van der Waals surface area contributed by atoms with Gasteiger partial charge < -0.3 is 15.6 Å². The second-order valence-electron chi connectivity index (χ2n) is 7.70. The van der Waals surface area contributed by atoms with Gasteiger partial charge in [0.15, 0.2) is 0 Å². The van der Waals surface area contributed by atoms with Crippen LogP contribution >= 0.6 is 0 Å². The molecule has 4 N–H and O–H groups in total. The first-order chi connectivity index (χ1) is 16.3. The average Bonchev–Trinajstić information content (AvgIpc) is 2.77. The maximum absolute atomic E-state index is 12.8. The molecule has 2 aromatic heterocycles. The minimum Gasteiger partial charge on any atom is -0.384 e. The van der Waals surface area contributed by atoms with Crippen molar-refractivity contribution >= 4 is 27.4 Å². The van der Waals surface area contributed by atoms with Gasteiger partial charge in [-0.3, -0.25) is 14.3 Å². The van der Waals surface area contributed by atoms with Crippen molar-refractivity contribution in [1.82, 2.24) is 14.9 Å². The first-order valence-electron chi connectivity index (χ1n) is 10.2. The fourth-order valence-electron chi connectivity index (χ4n) is 3.10. The molecule has 2 heterocycles. The Bertz CT molecular complexity index is 1370. The molecule has 35 heavy (non-hydrogen) atoms. The summed E-state index contributed by atoms with van der Waals surface area (Å²) in [6, 6.07) is 9.66. The predicted molar refractivity (Wildman–Crippen MR) is 124 cm³/mol. The van der Waals surface area contributed by atoms with Crippen LogP contribution in [0.2, 0.25) is 0 Å². The van der Waals surface area contributed by atoms with Crippen LogP contribution in [-0.4, -0.2) is 23.9 Å². The highest BCUT2D eigenvalue weighted by atomic mass is 32.2. The van der Waals surface area contributed by atoms with Gasteiger partial charge in [0.1, 0.15) is 18.1 Å². The molecule has 0 bridgehead atoms. The number of aryl methyl sites for hydroxylation is 1. The molecule has 0 aliphatic carbocycles. The Balaban J connectivity index is 1.69. The SMILES string of the molecule is Cc1ccc(NS(=O)(=O)Cc2ccc(C(F)(F)F)cc2)c(=O)n1CC(=O)NCc1ccc(N)nc1. The fraction of sp³-hybridized carbons (Fsp3) is 0.227. The van der Waals surface area contributed by atoms with Gasteiger partial charge in [-0.25, -0.2) is 13.4 Å². The molecule has 0 saturated heterocycles. The average molecular weight is 510 g/mol. The molecule has 13 heteroatoms. The molecular formula is C22H22F3N5O4S. The number of sulfonamides is 1. The molecule has 0 unspecified atom stereocenters. The van der Waals surface area contributed by atoms with E-state index in [2.05, 4.69) is 15.0 Å². The van der Waals surface area contributed by atoms with E-state index in [9.17, 15) is 31.2 Å². The minimum absolute atomic E-state index is 0.106. The normalized spacial score (nSPS) is 11.8. The molecule has 3 aromatic rings. The van der Waals surface area contributed by atoms with Gasteiger partial charge in [0.2, 0.25) is 15.9 Å². The van der Waals surface area contributed by atoms with Crippen LogP contribution < -0.4 is 21.3 Å². The van der Waals surface area contributed by atoms with Crippen LogP contribution in [0.25, 0.3) is 0 Å². The zero-order valence-corrected chi connectivity index (χ0v) is 19.3. The minimum atomic E-state index is -4.54. The number of hydrogen-bond donors (Lipinski definition) is 3. The van der Waals surface area contributed by atoms with E-state index in [1.165, 1.54) is 18.3 Å². The van der Waals surface area contributed by atoms with E-state index in [0.29, 0.717) is 17.1 Å². The maximum atomic E-state index is 12.8. The van der Waals surface area contributed by atoms with Gasteiger partial charge >= 0.3 is 6.18 Å². The topological polar surface area (TPSA) is 136 Å². The number of benzene rings is 1. The number of aromatic nitrogens is 2. The summed E-state index contributed by atoms with van der Waals surface area (Å²) in [5.41, 5.74) is 4.80. The summed E-state index contributed by atoms with van der Waals surface area (Å²) < 4.78 is 66.4. The molecule has 186 valence electrons. The molecule has 0 saturated carbocycles. The molecule has 0 atom stereocenters. The number of nitrogens with zero attached hydrogens (tertiary/aromatic N) is 2. The molecule has 9 nitrogen and oxygen atoms in total. The van der Waals surface area contributed by atoms with Gasteiger partial charge in [0, 0.05) is 18.4 Å². The van der Waals surface area contributed by atoms with Crippen molar-refractivity contribution < 1.29 is 26.4 Å². The molecule has 0 aliphatic rings. The largest absolute Gasteiger partial charge is 0.416 e. The number of carbonyl (C=O) groups is 1. The van der Waals surface area contributed by atoms with Gasteiger partial charge in [0.05, 0.1) is 11.3 Å². The van der Waals surface area contributed by atoms with E-state index in [-0.39, 0.29) is 24.3 Å². The third-order valence-corrected chi connectivity index (χ3v) is 6.18. The number of hydrogen-bond acceptors (Lipinski definition) is 6. The lowest BCUT2D eigenvalue weighted by molar-refractivity contribution is -0.137. The van der Waals surface area contributed by atoms with Crippen LogP contribution in [0.1, 0.15) is 22.4 Å². The quantitative estimate of drug-likeness (QED) is 0.427. The van der Waals surface area contributed by atoms with Gasteiger partial charge in [-0.1, -0.05) is 18.2 Å². The van der Waals surface area contributed by atoms with E-state index in [1.807, 2.05) is 0 Å². The molecule has 0 fully saturated rings. The standard InChI is InChI=1S/C22H22F3N5O4S/c1-14-2-8-18(29-35(33,34)13-15-3-6-17(7-4-15)22(23,24)25)21(32)30(14)12-20(31)28-11-16-5-9-19(26)27-10-16/h2-10,29H,11-13H2,1H3,(H2,26,27)(H,28,31). The lowest BCUT2D eigenvalue weighted by Crippen LogP contribution is -2.34. The molecule has 0 spiro atoms. The summed E-state index contributed by atoms with van der Waals surface area (Å²) in [5.74, 6) is -0.800. The Kier molecular flexibility index (Phi) is 7.48. The van der Waals surface area contributed by atoms with Crippen LogP contribution in [0, 0.1) is 6.92 Å². The van der Waals surface area contributed by atoms with E-state index < -0.39 is 39.0 Å². The van der Waals surface area contributed by atoms with Crippen molar-refractivity contribution in [2.75, 3.05) is 10.5 Å². The summed E-state index contributed by atoms with van der Waals surface area (Å²) in [7, 11) is -4.13. The highest BCUT2D eigenvalue weighted by Gasteiger charge is 2.30. The number of nitrogens with two attached hydrogens (primary N) is 1. The summed E-state index contributed by atoms with van der Waals surface area (Å²) in [6.07, 6.45) is -3.04. The summed E-state index contributed by atoms with van der Waals surface area (Å²) in [6.45, 7) is 1.37. The van der Waals surface area contributed by atoms with Crippen LogP contribution in [0.3, 0.4) is 0 Å². The lowest BCUT2D eigenvalue weighted by atomic mass is 10.1. The lowest BCUT2D eigenvalue weighted by Gasteiger charge is -2.14. The van der Waals surface area contributed by atoms with Crippen molar-refractivity contribution in [2.45, 2.75) is 31.9 Å². The number of alkyl halides is 3. The molecule has 1 aromatic carbocycles. The Morgan fingerprint density at radius 3 is 2.31 bits per heavy atom. The molecule has 1 amide bonds. The third-order valence-electron chi connectivity index (χ3n) is 4.93. The Morgan fingerprint density at radius 2 is 1.71 bits per heavy atom. The number of carbonyl (C=O) groups excluding carboxylic acids is 1. The van der Waals surface area contributed by atoms with E-state index in [0.717, 1.165) is 28.8 Å². The van der Waals surface area contributed by atoms with Crippen molar-refractivity contribution in [3.63, 3.8) is 0 Å². The number of nitrogens with one attached hydrogen (secondary N) is 2. The Hall–Kier alpha value is -3.87. The van der Waals surface area contributed by atoms with E-state index in [1.54, 1.807) is 19.1 Å². The van der Waals surface area contributed by atoms with Crippen LogP contribution in [0.5, 0.6) is 0 Å². The third kappa shape index (κ3) is 7.06. The van der Waals surface area contributed by atoms with E-state index >= 15 is 0 Å². The molecule has 0 aliphatic heterocycles. The number of pyridine rings is 2. The number of anilines is 2. The molecule has 3 rings (SSSR count). The molecular weight excluding hydrogens is 487 g/mol. The van der Waals surface area contributed by atoms with Gasteiger partial charge in [-0.15, -0.1) is 0 Å². The van der Waals surface area contributed by atoms with Crippen molar-refractivity contribution in [1.29, 1.82) is 0 Å². The fourth-order valence-corrected chi connectivity index (χ4v) is 4.29. The Morgan fingerprint density at radius 1 is 1.06 bits per heavy atom. The summed E-state index contributed by atoms with van der Waals surface area (Å²) >= 11 is 0. The second kappa shape index (κ2) is 10.2. The number of amides is 1. The summed E-state index contributed by atoms with van der Waals surface area (Å²) in [5, 5.41) is 2.64. The first kappa shape index (κ1) is 25.7. The summed E-state index contributed by atoms with van der Waals surface area (Å²) in [4.78, 5) is 29.1. The molecule has 0 radical (unpaired) electrons. The number of halogens is 3. The van der Waals surface area contributed by atoms with Crippen molar-refractivity contribution in [3.05, 3.63) is 87.5 Å². The van der Waals surface area contributed by atoms with Gasteiger partial charge in [-0.05, 0) is 48.4 Å². The predicted octanol–water partition coefficient (Wildman–Crippen LogP) is 2.41. The van der Waals surface area contributed by atoms with Crippen LogP contribution in [0.4, 0.5) is 24.7 Å². The first-order valence-corrected chi connectivity index (χ1v) is 11.8. The zero-order chi connectivity index (χ0) is 25.8. The highest BCUT2D eigenvalue weighted by molar-refractivity contribution is 7.91. The van der Waals surface area contributed by atoms with Crippen molar-refractivity contribution in [3.8, 4) is 0 Å². The highest BCUT2D eigenvalue weighted by Crippen LogP contribution is 2.29. The van der Waals surface area contributed by atoms with Crippen LogP contribution in [-0.2, 0) is 39.8 Å². The van der Waals surface area contributed by atoms with E-state index in [4.69, 9.17) is 5.73 Å². The number of nitrogen functional groups attached to an aromatic ring is 1. The smallest absolute Gasteiger partial charge is 0.384 e. The number of rotatable bonds is 8. The Labute approximate surface area is 198 Å². The van der Waals surface area contributed by atoms with Gasteiger partial charge in [0.25, 0.3) is 5.56 Å². The monoisotopic (exact) mass is 509 g/mol. The van der Waals surface area contributed by atoms with Gasteiger partial charge in [-0.2, -0.15) is 13.2 Å². The zero-order valence-electron chi connectivity index (χ0n) is 18.5. The maximum Gasteiger partial charge on any atom is 0.416 e.